The maximum absolute atomic E-state index is 4.93. The van der Waals surface area contributed by atoms with E-state index in [1.54, 1.807) is 14.2 Å². The molecular formula is C14H14CuO2S2. The van der Waals surface area contributed by atoms with Crippen LogP contribution in [0.4, 0.5) is 0 Å². The van der Waals surface area contributed by atoms with Crippen LogP contribution < -0.4 is 9.47 Å². The SMILES string of the molecule is COc1cccc([S-])c1.COc1cccc([S-])c1.[Cu+2]. The van der Waals surface area contributed by atoms with Gasteiger partial charge in [-0.2, -0.15) is 9.79 Å². The maximum Gasteiger partial charge on any atom is 2.00 e. The molecule has 0 aliphatic heterocycles. The van der Waals surface area contributed by atoms with Crippen molar-refractivity contribution >= 4 is 25.3 Å². The van der Waals surface area contributed by atoms with Gasteiger partial charge in [-0.15, -0.1) is 0 Å². The second kappa shape index (κ2) is 9.87. The Bertz CT molecular complexity index is 447. The van der Waals surface area contributed by atoms with Gasteiger partial charge in [0.05, 0.1) is 14.2 Å². The average molecular weight is 342 g/mol. The fourth-order valence-electron chi connectivity index (χ4n) is 1.20. The van der Waals surface area contributed by atoms with E-state index in [1.165, 1.54) is 0 Å². The van der Waals surface area contributed by atoms with Gasteiger partial charge in [0.2, 0.25) is 0 Å². The topological polar surface area (TPSA) is 18.5 Å². The minimum Gasteiger partial charge on any atom is -0.780 e. The molecule has 5 heteroatoms. The van der Waals surface area contributed by atoms with Crippen molar-refractivity contribution in [3.63, 3.8) is 0 Å². The van der Waals surface area contributed by atoms with Crippen LogP contribution in [-0.4, -0.2) is 14.2 Å². The predicted molar refractivity (Wildman–Crippen MR) is 77.3 cm³/mol. The van der Waals surface area contributed by atoms with Crippen LogP contribution in [0.3, 0.4) is 0 Å². The van der Waals surface area contributed by atoms with Crippen molar-refractivity contribution < 1.29 is 26.5 Å². The zero-order chi connectivity index (χ0) is 13.4. The van der Waals surface area contributed by atoms with E-state index in [2.05, 4.69) is 0 Å². The molecule has 0 N–H and O–H groups in total. The minimum absolute atomic E-state index is 0. The molecule has 0 spiro atoms. The van der Waals surface area contributed by atoms with Gasteiger partial charge in [-0.3, -0.25) is 0 Å². The monoisotopic (exact) mass is 341 g/mol. The number of rotatable bonds is 2. The predicted octanol–water partition coefficient (Wildman–Crippen LogP) is 3.20. The van der Waals surface area contributed by atoms with E-state index in [0.717, 1.165) is 21.3 Å². The Morgan fingerprint density at radius 2 is 1.11 bits per heavy atom. The summed E-state index contributed by atoms with van der Waals surface area (Å²) in [7, 11) is 3.26. The second-order valence-corrected chi connectivity index (χ2v) is 4.30. The van der Waals surface area contributed by atoms with Gasteiger partial charge in [0.15, 0.2) is 0 Å². The van der Waals surface area contributed by atoms with Crippen molar-refractivity contribution in [2.45, 2.75) is 9.79 Å². The summed E-state index contributed by atoms with van der Waals surface area (Å²) >= 11 is 9.77. The molecule has 0 amide bonds. The first-order valence-corrected chi connectivity index (χ1v) is 6.09. The van der Waals surface area contributed by atoms with E-state index in [-0.39, 0.29) is 17.1 Å². The molecule has 2 rings (SSSR count). The quantitative estimate of drug-likeness (QED) is 0.616. The fourth-order valence-corrected chi connectivity index (χ4v) is 1.59. The van der Waals surface area contributed by atoms with Crippen LogP contribution in [0.1, 0.15) is 0 Å². The molecule has 0 aliphatic rings. The number of hydrogen-bond donors (Lipinski definition) is 0. The van der Waals surface area contributed by atoms with Gasteiger partial charge in [-0.25, -0.2) is 0 Å². The first-order chi connectivity index (χ1) is 8.65. The maximum atomic E-state index is 4.93. The van der Waals surface area contributed by atoms with Crippen molar-refractivity contribution in [3.05, 3.63) is 48.5 Å². The van der Waals surface area contributed by atoms with E-state index >= 15 is 0 Å². The summed E-state index contributed by atoms with van der Waals surface area (Å²) in [6.07, 6.45) is 0. The van der Waals surface area contributed by atoms with Crippen molar-refractivity contribution in [1.29, 1.82) is 0 Å². The smallest absolute Gasteiger partial charge is 0.780 e. The molecule has 19 heavy (non-hydrogen) atoms. The molecule has 0 aromatic heterocycles. The summed E-state index contributed by atoms with van der Waals surface area (Å²) in [6.45, 7) is 0. The van der Waals surface area contributed by atoms with E-state index in [4.69, 9.17) is 34.7 Å². The Hall–Kier alpha value is -1.00. The number of hydrogen-bond acceptors (Lipinski definition) is 4. The Balaban J connectivity index is 0.000000324. The normalized spacial score (nSPS) is 8.53. The molecule has 0 heterocycles. The fraction of sp³-hybridized carbons (Fsp3) is 0.143. The molecule has 0 bridgehead atoms. The first kappa shape index (κ1) is 18.0. The van der Waals surface area contributed by atoms with E-state index < -0.39 is 0 Å². The molecular weight excluding hydrogens is 328 g/mol. The molecule has 2 aromatic rings. The molecule has 1 radical (unpaired) electrons. The standard InChI is InChI=1S/2C7H8OS.Cu/c2*1-8-6-3-2-4-7(9)5-6;/h2*2-5,9H,1H3;/q;;+2/p-2. The van der Waals surface area contributed by atoms with Crippen molar-refractivity contribution in [2.24, 2.45) is 0 Å². The molecule has 2 aromatic carbocycles. The van der Waals surface area contributed by atoms with E-state index in [0.29, 0.717) is 0 Å². The minimum atomic E-state index is 0. The number of ether oxygens (including phenoxy) is 2. The molecule has 2 nitrogen and oxygen atoms in total. The Morgan fingerprint density at radius 3 is 1.32 bits per heavy atom. The molecule has 0 atom stereocenters. The first-order valence-electron chi connectivity index (χ1n) is 5.28. The third-order valence-electron chi connectivity index (χ3n) is 2.08. The summed E-state index contributed by atoms with van der Waals surface area (Å²) in [4.78, 5) is 1.63. The van der Waals surface area contributed by atoms with Crippen LogP contribution in [0.15, 0.2) is 58.3 Å². The van der Waals surface area contributed by atoms with Crippen LogP contribution >= 0.6 is 0 Å². The third kappa shape index (κ3) is 7.23. The zero-order valence-corrected chi connectivity index (χ0v) is 13.1. The summed E-state index contributed by atoms with van der Waals surface area (Å²) in [5.74, 6) is 1.64. The number of benzene rings is 2. The molecule has 0 saturated carbocycles. The molecule has 0 fully saturated rings. The third-order valence-corrected chi connectivity index (χ3v) is 2.59. The largest absolute Gasteiger partial charge is 2.00 e. The van der Waals surface area contributed by atoms with Crippen LogP contribution in [0, 0.1) is 0 Å². The molecule has 0 unspecified atom stereocenters. The molecule has 105 valence electrons. The van der Waals surface area contributed by atoms with Gasteiger partial charge in [0.25, 0.3) is 0 Å². The molecule has 0 aliphatic carbocycles. The van der Waals surface area contributed by atoms with Crippen LogP contribution in [-0.2, 0) is 42.3 Å². The summed E-state index contributed by atoms with van der Waals surface area (Å²) in [5.41, 5.74) is 0. The second-order valence-electron chi connectivity index (χ2n) is 3.36. The van der Waals surface area contributed by atoms with Crippen molar-refractivity contribution in [1.82, 2.24) is 0 Å². The Kier molecular flexibility index (Phi) is 9.35. The summed E-state index contributed by atoms with van der Waals surface area (Å²) in [6, 6.07) is 14.8. The Labute approximate surface area is 135 Å². The zero-order valence-electron chi connectivity index (χ0n) is 10.6. The van der Waals surface area contributed by atoms with E-state index in [1.807, 2.05) is 48.5 Å². The van der Waals surface area contributed by atoms with Crippen molar-refractivity contribution in [2.75, 3.05) is 14.2 Å². The van der Waals surface area contributed by atoms with Crippen LogP contribution in [0.2, 0.25) is 0 Å². The van der Waals surface area contributed by atoms with Gasteiger partial charge in [-0.05, 0) is 24.3 Å². The van der Waals surface area contributed by atoms with Gasteiger partial charge in [0.1, 0.15) is 11.5 Å². The van der Waals surface area contributed by atoms with Crippen LogP contribution in [0.5, 0.6) is 11.5 Å². The Morgan fingerprint density at radius 1 is 0.737 bits per heavy atom. The van der Waals surface area contributed by atoms with Gasteiger partial charge >= 0.3 is 17.1 Å². The van der Waals surface area contributed by atoms with E-state index in [9.17, 15) is 0 Å². The summed E-state index contributed by atoms with van der Waals surface area (Å²) in [5, 5.41) is 0. The molecule has 0 saturated heterocycles. The van der Waals surface area contributed by atoms with Crippen molar-refractivity contribution in [3.8, 4) is 11.5 Å². The van der Waals surface area contributed by atoms with Gasteiger partial charge < -0.3 is 34.7 Å². The average Bonchev–Trinajstić information content (AvgIpc) is 2.39. The van der Waals surface area contributed by atoms with Gasteiger partial charge in [0, 0.05) is 0 Å². The summed E-state index contributed by atoms with van der Waals surface area (Å²) < 4.78 is 9.86. The number of methoxy groups -OCH3 is 2. The van der Waals surface area contributed by atoms with Crippen LogP contribution in [0.25, 0.3) is 0 Å². The van der Waals surface area contributed by atoms with Gasteiger partial charge in [-0.1, -0.05) is 24.3 Å².